The third-order valence-electron chi connectivity index (χ3n) is 1.71. The Morgan fingerprint density at radius 3 is 0.647 bits per heavy atom. The monoisotopic (exact) mass is 461 g/mol. The van der Waals surface area contributed by atoms with Crippen molar-refractivity contribution in [2.24, 2.45) is 5.41 Å². The summed E-state index contributed by atoms with van der Waals surface area (Å²) in [6, 6.07) is 0. The van der Waals surface area contributed by atoms with E-state index in [2.05, 4.69) is 0 Å². The Morgan fingerprint density at radius 1 is 0.471 bits per heavy atom. The fourth-order valence-corrected chi connectivity index (χ4v) is 7.75. The number of hydrogen-bond acceptors (Lipinski definition) is 0. The SMILES string of the molecule is [O]C(Cl)(Cl)C(C(Cl)(Cl)Cl)(C(Cl)(Cl)Cl)C(Cl)(Cl)Cl. The van der Waals surface area contributed by atoms with Gasteiger partial charge >= 0.3 is 0 Å². The average Bonchev–Trinajstić information content (AvgIpc) is 1.67. The predicted octanol–water partition coefficient (Wildman–Crippen LogP) is 6.65. The van der Waals surface area contributed by atoms with Crippen LogP contribution in [-0.4, -0.2) is 15.9 Å². The second-order valence-corrected chi connectivity index (χ2v) is 10.9. The third kappa shape index (κ3) is 3.67. The molecule has 0 N–H and O–H groups in total. The average molecular weight is 466 g/mol. The molecule has 12 heteroatoms. The summed E-state index contributed by atoms with van der Waals surface area (Å²) < 4.78 is -11.3. The van der Waals surface area contributed by atoms with E-state index in [1.54, 1.807) is 0 Å². The van der Waals surface area contributed by atoms with Crippen molar-refractivity contribution in [2.75, 3.05) is 0 Å². The van der Waals surface area contributed by atoms with Crippen molar-refractivity contribution in [2.45, 2.75) is 15.9 Å². The van der Waals surface area contributed by atoms with Crippen LogP contribution in [0.15, 0.2) is 0 Å². The van der Waals surface area contributed by atoms with Crippen LogP contribution in [0.2, 0.25) is 0 Å². The van der Waals surface area contributed by atoms with Crippen LogP contribution in [0.5, 0.6) is 0 Å². The molecular formula is C5Cl11O. The predicted molar refractivity (Wildman–Crippen MR) is 78.4 cm³/mol. The number of hydrogen-bond donors (Lipinski definition) is 0. The van der Waals surface area contributed by atoms with E-state index in [1.807, 2.05) is 0 Å². The molecule has 0 spiro atoms. The van der Waals surface area contributed by atoms with Gasteiger partial charge in [-0.05, 0) is 0 Å². The highest BCUT2D eigenvalue weighted by molar-refractivity contribution is 6.79. The smallest absolute Gasteiger partial charge is 0.193 e. The van der Waals surface area contributed by atoms with Gasteiger partial charge in [-0.3, -0.25) is 0 Å². The maximum atomic E-state index is 11.8. The van der Waals surface area contributed by atoms with Crippen molar-refractivity contribution < 1.29 is 5.11 Å². The normalized spacial score (nSPS) is 16.2. The second kappa shape index (κ2) is 5.74. The molecule has 0 aromatic carbocycles. The summed E-state index contributed by atoms with van der Waals surface area (Å²) in [5.41, 5.74) is -2.89. The first kappa shape index (κ1) is 20.1. The van der Waals surface area contributed by atoms with E-state index < -0.39 is 21.3 Å². The molecule has 0 bridgehead atoms. The molecule has 103 valence electrons. The molecule has 0 fully saturated rings. The minimum atomic E-state index is -3.23. The molecule has 0 atom stereocenters. The fraction of sp³-hybridized carbons (Fsp3) is 1.00. The van der Waals surface area contributed by atoms with Gasteiger partial charge in [-0.2, -0.15) is 5.11 Å². The van der Waals surface area contributed by atoms with Gasteiger partial charge < -0.3 is 0 Å². The van der Waals surface area contributed by atoms with Crippen molar-refractivity contribution in [3.8, 4) is 0 Å². The molecule has 0 aromatic rings. The first-order valence-corrected chi connectivity index (χ1v) is 7.44. The standard InChI is InChI=1S/C5Cl11O/c6-2(7,8)1(3(9,10)11,4(12,13)14)5(15,16)17. The van der Waals surface area contributed by atoms with Gasteiger partial charge in [0.1, 0.15) is 0 Å². The first-order chi connectivity index (χ1) is 7.00. The molecule has 1 radical (unpaired) electrons. The molecule has 0 aliphatic carbocycles. The Bertz CT molecular complexity index is 213. The summed E-state index contributed by atoms with van der Waals surface area (Å²) >= 11 is 60.8. The van der Waals surface area contributed by atoms with E-state index in [1.165, 1.54) is 0 Å². The molecule has 0 saturated heterocycles. The van der Waals surface area contributed by atoms with Crippen LogP contribution in [0, 0.1) is 5.41 Å². The molecule has 0 unspecified atom stereocenters. The van der Waals surface area contributed by atoms with Crippen molar-refractivity contribution in [1.29, 1.82) is 0 Å². The van der Waals surface area contributed by atoms with Crippen LogP contribution in [0.1, 0.15) is 0 Å². The lowest BCUT2D eigenvalue weighted by Crippen LogP contribution is -2.64. The van der Waals surface area contributed by atoms with Crippen molar-refractivity contribution >= 4 is 128 Å². The minimum absolute atomic E-state index is 2.69. The Kier molecular flexibility index (Phi) is 6.80. The zero-order valence-electron chi connectivity index (χ0n) is 7.07. The second-order valence-electron chi connectivity index (χ2n) is 2.76. The summed E-state index contributed by atoms with van der Waals surface area (Å²) in [7, 11) is 0. The van der Waals surface area contributed by atoms with Gasteiger partial charge in [-0.15, -0.1) is 0 Å². The van der Waals surface area contributed by atoms with Crippen molar-refractivity contribution in [3.63, 3.8) is 0 Å². The van der Waals surface area contributed by atoms with Crippen molar-refractivity contribution in [3.05, 3.63) is 0 Å². The molecule has 0 heterocycles. The summed E-state index contributed by atoms with van der Waals surface area (Å²) in [6.07, 6.45) is 0. The summed E-state index contributed by atoms with van der Waals surface area (Å²) in [5.74, 6) is 0. The first-order valence-electron chi connectivity index (χ1n) is 3.28. The van der Waals surface area contributed by atoms with E-state index in [0.29, 0.717) is 0 Å². The molecule has 0 aromatic heterocycles. The highest BCUT2D eigenvalue weighted by atomic mass is 35.6. The number of alkyl halides is 11. The Hall–Kier alpha value is 3.15. The van der Waals surface area contributed by atoms with Crippen LogP contribution in [0.3, 0.4) is 0 Å². The van der Waals surface area contributed by atoms with Gasteiger partial charge in [0.05, 0.1) is 0 Å². The van der Waals surface area contributed by atoms with E-state index in [0.717, 1.165) is 0 Å². The molecule has 0 aliphatic rings. The van der Waals surface area contributed by atoms with Gasteiger partial charge in [-0.1, -0.05) is 128 Å². The largest absolute Gasteiger partial charge is 0.268 e. The van der Waals surface area contributed by atoms with Crippen LogP contribution in [-0.2, 0) is 5.11 Å². The molecular weight excluding hydrogens is 466 g/mol. The quantitative estimate of drug-likeness (QED) is 0.386. The van der Waals surface area contributed by atoms with Gasteiger partial charge in [0.15, 0.2) is 5.41 Å². The maximum absolute atomic E-state index is 11.8. The molecule has 0 rings (SSSR count). The lowest BCUT2D eigenvalue weighted by Gasteiger charge is -2.51. The fourth-order valence-electron chi connectivity index (χ4n) is 0.977. The van der Waals surface area contributed by atoms with Crippen LogP contribution in [0.4, 0.5) is 0 Å². The number of halogens is 11. The molecule has 0 saturated carbocycles. The third-order valence-corrected chi connectivity index (χ3v) is 4.83. The maximum Gasteiger partial charge on any atom is 0.268 e. The van der Waals surface area contributed by atoms with Gasteiger partial charge in [0, 0.05) is 0 Å². The summed E-state index contributed by atoms with van der Waals surface area (Å²) in [5, 5.41) is 11.8. The Labute approximate surface area is 152 Å². The minimum Gasteiger partial charge on any atom is -0.193 e. The Morgan fingerprint density at radius 2 is 0.647 bits per heavy atom. The van der Waals surface area contributed by atoms with Gasteiger partial charge in [-0.25, -0.2) is 0 Å². The van der Waals surface area contributed by atoms with E-state index in [-0.39, 0.29) is 0 Å². The molecule has 17 heavy (non-hydrogen) atoms. The van der Waals surface area contributed by atoms with Crippen LogP contribution < -0.4 is 0 Å². The van der Waals surface area contributed by atoms with Crippen molar-refractivity contribution in [1.82, 2.24) is 0 Å². The highest BCUT2D eigenvalue weighted by Crippen LogP contribution is 2.73. The highest BCUT2D eigenvalue weighted by Gasteiger charge is 2.80. The van der Waals surface area contributed by atoms with E-state index in [9.17, 15) is 5.11 Å². The van der Waals surface area contributed by atoms with Crippen LogP contribution >= 0.6 is 128 Å². The summed E-state index contributed by atoms with van der Waals surface area (Å²) in [4.78, 5) is 0. The zero-order chi connectivity index (χ0) is 14.5. The number of rotatable bonds is 1. The summed E-state index contributed by atoms with van der Waals surface area (Å²) in [6.45, 7) is 0. The Balaban J connectivity index is 6.37. The lowest BCUT2D eigenvalue weighted by atomic mass is 9.94. The van der Waals surface area contributed by atoms with E-state index >= 15 is 0 Å². The van der Waals surface area contributed by atoms with Gasteiger partial charge in [0.25, 0.3) is 4.52 Å². The van der Waals surface area contributed by atoms with Crippen LogP contribution in [0.25, 0.3) is 0 Å². The molecule has 0 aliphatic heterocycles. The van der Waals surface area contributed by atoms with E-state index in [4.69, 9.17) is 128 Å². The molecule has 0 amide bonds. The van der Waals surface area contributed by atoms with Gasteiger partial charge in [0.2, 0.25) is 11.4 Å². The zero-order valence-corrected chi connectivity index (χ0v) is 15.4. The topological polar surface area (TPSA) is 19.9 Å². The molecule has 1 nitrogen and oxygen atoms in total. The lowest BCUT2D eigenvalue weighted by molar-refractivity contribution is 0.00265.